The van der Waals surface area contributed by atoms with Crippen molar-refractivity contribution in [2.75, 3.05) is 6.73 Å². The average molecular weight is 384 g/mol. The fourth-order valence-electron chi connectivity index (χ4n) is 3.85. The molecular formula is C22H22ClNO3. The van der Waals surface area contributed by atoms with Crippen LogP contribution in [-0.2, 0) is 19.5 Å². The summed E-state index contributed by atoms with van der Waals surface area (Å²) in [6.07, 6.45) is 0.666. The SMILES string of the molecule is CCc1c(C)c2cc3c(c(C)c2oc1=O)OCN(Cc1ccc(Cl)cc1)C3. The van der Waals surface area contributed by atoms with Gasteiger partial charge in [-0.2, -0.15) is 0 Å². The predicted molar refractivity (Wildman–Crippen MR) is 108 cm³/mol. The fraction of sp³-hybridized carbons (Fsp3) is 0.318. The minimum Gasteiger partial charge on any atom is -0.477 e. The largest absolute Gasteiger partial charge is 0.477 e. The van der Waals surface area contributed by atoms with E-state index in [0.29, 0.717) is 18.7 Å². The topological polar surface area (TPSA) is 42.7 Å². The summed E-state index contributed by atoms with van der Waals surface area (Å²) in [5, 5.41) is 1.74. The summed E-state index contributed by atoms with van der Waals surface area (Å²) in [5.74, 6) is 0.835. The number of fused-ring (bicyclic) bond motifs is 2. The van der Waals surface area contributed by atoms with Gasteiger partial charge in [-0.05, 0) is 49.6 Å². The molecule has 1 aliphatic heterocycles. The first kappa shape index (κ1) is 18.1. The lowest BCUT2D eigenvalue weighted by molar-refractivity contribution is 0.0881. The molecule has 0 radical (unpaired) electrons. The summed E-state index contributed by atoms with van der Waals surface area (Å²) in [4.78, 5) is 14.5. The van der Waals surface area contributed by atoms with Crippen LogP contribution < -0.4 is 10.4 Å². The van der Waals surface area contributed by atoms with Gasteiger partial charge in [0, 0.05) is 40.2 Å². The third-order valence-corrected chi connectivity index (χ3v) is 5.54. The Bertz CT molecular complexity index is 1070. The Kier molecular flexibility index (Phi) is 4.70. The molecule has 2 heterocycles. The molecule has 0 atom stereocenters. The number of benzene rings is 2. The molecule has 27 heavy (non-hydrogen) atoms. The van der Waals surface area contributed by atoms with Crippen LogP contribution in [0.5, 0.6) is 5.75 Å². The fourth-order valence-corrected chi connectivity index (χ4v) is 3.98. The molecule has 4 nitrogen and oxygen atoms in total. The van der Waals surface area contributed by atoms with E-state index in [1.54, 1.807) is 0 Å². The van der Waals surface area contributed by atoms with Crippen LogP contribution in [0.15, 0.2) is 39.5 Å². The number of rotatable bonds is 3. The molecular weight excluding hydrogens is 362 g/mol. The van der Waals surface area contributed by atoms with Gasteiger partial charge in [0.2, 0.25) is 0 Å². The average Bonchev–Trinajstić information content (AvgIpc) is 2.65. The van der Waals surface area contributed by atoms with Crippen molar-refractivity contribution in [3.05, 3.63) is 73.6 Å². The maximum absolute atomic E-state index is 12.3. The predicted octanol–water partition coefficient (Wildman–Crippen LogP) is 4.98. The van der Waals surface area contributed by atoms with Crippen molar-refractivity contribution in [2.24, 2.45) is 0 Å². The van der Waals surface area contributed by atoms with Gasteiger partial charge >= 0.3 is 5.63 Å². The van der Waals surface area contributed by atoms with Gasteiger partial charge in [-0.25, -0.2) is 4.79 Å². The van der Waals surface area contributed by atoms with E-state index in [9.17, 15) is 4.79 Å². The zero-order chi connectivity index (χ0) is 19.1. The molecule has 3 aromatic rings. The first-order valence-electron chi connectivity index (χ1n) is 9.16. The molecule has 5 heteroatoms. The number of ether oxygens (including phenoxy) is 1. The van der Waals surface area contributed by atoms with Crippen molar-refractivity contribution in [1.82, 2.24) is 4.90 Å². The van der Waals surface area contributed by atoms with E-state index in [0.717, 1.165) is 51.5 Å². The van der Waals surface area contributed by atoms with Crippen LogP contribution in [-0.4, -0.2) is 11.6 Å². The minimum absolute atomic E-state index is 0.245. The summed E-state index contributed by atoms with van der Waals surface area (Å²) in [6.45, 7) is 8.01. The zero-order valence-electron chi connectivity index (χ0n) is 15.8. The summed E-state index contributed by atoms with van der Waals surface area (Å²) in [5.41, 5.74) is 5.36. The molecule has 1 aromatic heterocycles. The first-order chi connectivity index (χ1) is 13.0. The molecule has 0 bridgehead atoms. The highest BCUT2D eigenvalue weighted by Gasteiger charge is 2.23. The van der Waals surface area contributed by atoms with E-state index < -0.39 is 0 Å². The monoisotopic (exact) mass is 383 g/mol. The quantitative estimate of drug-likeness (QED) is 0.598. The second-order valence-electron chi connectivity index (χ2n) is 7.10. The second-order valence-corrected chi connectivity index (χ2v) is 7.54. The maximum atomic E-state index is 12.3. The molecule has 0 unspecified atom stereocenters. The maximum Gasteiger partial charge on any atom is 0.339 e. The van der Waals surface area contributed by atoms with E-state index in [2.05, 4.69) is 11.0 Å². The van der Waals surface area contributed by atoms with Gasteiger partial charge in [-0.15, -0.1) is 0 Å². The Balaban J connectivity index is 1.72. The number of hydrogen-bond donors (Lipinski definition) is 0. The highest BCUT2D eigenvalue weighted by Crippen LogP contribution is 2.36. The molecule has 1 aliphatic rings. The van der Waals surface area contributed by atoms with E-state index in [-0.39, 0.29) is 5.63 Å². The highest BCUT2D eigenvalue weighted by molar-refractivity contribution is 6.30. The molecule has 0 N–H and O–H groups in total. The summed E-state index contributed by atoms with van der Waals surface area (Å²) < 4.78 is 11.7. The zero-order valence-corrected chi connectivity index (χ0v) is 16.5. The summed E-state index contributed by atoms with van der Waals surface area (Å²) in [7, 11) is 0. The molecule has 2 aromatic carbocycles. The molecule has 0 saturated heterocycles. The Morgan fingerprint density at radius 3 is 2.59 bits per heavy atom. The smallest absolute Gasteiger partial charge is 0.339 e. The van der Waals surface area contributed by atoms with Crippen molar-refractivity contribution in [3.8, 4) is 5.75 Å². The van der Waals surface area contributed by atoms with Gasteiger partial charge in [0.15, 0.2) is 0 Å². The van der Waals surface area contributed by atoms with Crippen LogP contribution in [0.3, 0.4) is 0 Å². The van der Waals surface area contributed by atoms with Gasteiger partial charge in [0.05, 0.1) is 0 Å². The van der Waals surface area contributed by atoms with Gasteiger partial charge in [-0.3, -0.25) is 4.90 Å². The summed E-state index contributed by atoms with van der Waals surface area (Å²) in [6, 6.07) is 10.0. The first-order valence-corrected chi connectivity index (χ1v) is 9.54. The number of nitrogens with zero attached hydrogens (tertiary/aromatic N) is 1. The normalized spacial score (nSPS) is 14.2. The Labute approximate surface area is 163 Å². The Morgan fingerprint density at radius 2 is 1.89 bits per heavy atom. The summed E-state index contributed by atoms with van der Waals surface area (Å²) >= 11 is 5.98. The number of hydrogen-bond acceptors (Lipinski definition) is 4. The second kappa shape index (κ2) is 7.02. The molecule has 0 spiro atoms. The standard InChI is InChI=1S/C22H22ClNO3/c1-4-18-13(2)19-9-16-11-24(10-15-5-7-17(23)8-6-15)12-26-20(16)14(3)21(19)27-22(18)25/h5-9H,4,10-12H2,1-3H3. The lowest BCUT2D eigenvalue weighted by atomic mass is 9.98. The van der Waals surface area contributed by atoms with E-state index in [1.807, 2.05) is 45.0 Å². The van der Waals surface area contributed by atoms with Gasteiger partial charge in [0.1, 0.15) is 18.1 Å². The van der Waals surface area contributed by atoms with Gasteiger partial charge in [-0.1, -0.05) is 30.7 Å². The van der Waals surface area contributed by atoms with E-state index in [1.165, 1.54) is 5.56 Å². The van der Waals surface area contributed by atoms with E-state index in [4.69, 9.17) is 20.8 Å². The van der Waals surface area contributed by atoms with Crippen LogP contribution >= 0.6 is 11.6 Å². The Hall–Kier alpha value is -2.30. The minimum atomic E-state index is -0.245. The van der Waals surface area contributed by atoms with Crippen molar-refractivity contribution < 1.29 is 9.15 Å². The van der Waals surface area contributed by atoms with Crippen LogP contribution in [0, 0.1) is 13.8 Å². The van der Waals surface area contributed by atoms with Crippen molar-refractivity contribution >= 4 is 22.6 Å². The van der Waals surface area contributed by atoms with Crippen LogP contribution in [0.4, 0.5) is 0 Å². The molecule has 0 aliphatic carbocycles. The molecule has 0 saturated carbocycles. The van der Waals surface area contributed by atoms with E-state index >= 15 is 0 Å². The lowest BCUT2D eigenvalue weighted by Crippen LogP contribution is -2.32. The molecule has 4 rings (SSSR count). The third kappa shape index (κ3) is 3.24. The van der Waals surface area contributed by atoms with Crippen molar-refractivity contribution in [1.29, 1.82) is 0 Å². The van der Waals surface area contributed by atoms with Crippen LogP contribution in [0.25, 0.3) is 11.0 Å². The van der Waals surface area contributed by atoms with Gasteiger partial charge in [0.25, 0.3) is 0 Å². The highest BCUT2D eigenvalue weighted by atomic mass is 35.5. The number of aryl methyl sites for hydroxylation is 2. The van der Waals surface area contributed by atoms with Crippen molar-refractivity contribution in [3.63, 3.8) is 0 Å². The van der Waals surface area contributed by atoms with Crippen LogP contribution in [0.1, 0.15) is 34.7 Å². The molecule has 140 valence electrons. The molecule has 0 amide bonds. The van der Waals surface area contributed by atoms with Crippen molar-refractivity contribution in [2.45, 2.75) is 40.3 Å². The van der Waals surface area contributed by atoms with Crippen LogP contribution in [0.2, 0.25) is 5.02 Å². The number of halogens is 1. The Morgan fingerprint density at radius 1 is 1.15 bits per heavy atom. The molecule has 0 fully saturated rings. The lowest BCUT2D eigenvalue weighted by Gasteiger charge is -2.30. The van der Waals surface area contributed by atoms with Gasteiger partial charge < -0.3 is 9.15 Å². The third-order valence-electron chi connectivity index (χ3n) is 5.29.